The number of halogens is 1. The van der Waals surface area contributed by atoms with Crippen molar-refractivity contribution in [3.05, 3.63) is 28.2 Å². The van der Waals surface area contributed by atoms with Crippen molar-refractivity contribution >= 4 is 21.8 Å². The summed E-state index contributed by atoms with van der Waals surface area (Å²) >= 11 is 3.41. The predicted molar refractivity (Wildman–Crippen MR) is 61.6 cm³/mol. The minimum absolute atomic E-state index is 0.107. The average molecular weight is 273 g/mol. The molecule has 0 aliphatic carbocycles. The highest BCUT2D eigenvalue weighted by Gasteiger charge is 2.03. The molecule has 0 spiro atoms. The fourth-order valence-corrected chi connectivity index (χ4v) is 1.59. The molecule has 0 aromatic heterocycles. The van der Waals surface area contributed by atoms with Crippen LogP contribution < -0.4 is 16.2 Å². The highest BCUT2D eigenvalue weighted by molar-refractivity contribution is 9.10. The molecule has 0 unspecified atom stereocenters. The van der Waals surface area contributed by atoms with E-state index in [1.807, 2.05) is 12.1 Å². The van der Waals surface area contributed by atoms with Crippen LogP contribution in [0.1, 0.15) is 5.56 Å². The van der Waals surface area contributed by atoms with E-state index < -0.39 is 5.91 Å². The maximum Gasteiger partial charge on any atom is 0.255 e. The lowest BCUT2D eigenvalue weighted by Gasteiger charge is -2.07. The number of primary amides is 1. The fourth-order valence-electron chi connectivity index (χ4n) is 1.14. The summed E-state index contributed by atoms with van der Waals surface area (Å²) in [5.41, 5.74) is 11.5. The molecule has 0 heterocycles. The first-order valence-corrected chi connectivity index (χ1v) is 5.32. The molecule has 4 nitrogen and oxygen atoms in total. The van der Waals surface area contributed by atoms with Crippen molar-refractivity contribution < 1.29 is 9.53 Å². The Hall–Kier alpha value is -1.07. The van der Waals surface area contributed by atoms with Crippen LogP contribution in [-0.2, 0) is 11.2 Å². The van der Waals surface area contributed by atoms with Gasteiger partial charge in [-0.15, -0.1) is 0 Å². The molecule has 0 aliphatic rings. The van der Waals surface area contributed by atoms with E-state index in [4.69, 9.17) is 16.2 Å². The number of amides is 1. The van der Waals surface area contributed by atoms with E-state index in [0.717, 1.165) is 16.5 Å². The number of hydrogen-bond acceptors (Lipinski definition) is 3. The van der Waals surface area contributed by atoms with E-state index in [2.05, 4.69) is 15.9 Å². The van der Waals surface area contributed by atoms with Crippen LogP contribution in [0.3, 0.4) is 0 Å². The largest absolute Gasteiger partial charge is 0.484 e. The van der Waals surface area contributed by atoms with Crippen LogP contribution >= 0.6 is 15.9 Å². The van der Waals surface area contributed by atoms with Crippen molar-refractivity contribution in [1.29, 1.82) is 0 Å². The van der Waals surface area contributed by atoms with Gasteiger partial charge in [0.2, 0.25) is 0 Å². The van der Waals surface area contributed by atoms with Gasteiger partial charge >= 0.3 is 0 Å². The van der Waals surface area contributed by atoms with Crippen molar-refractivity contribution in [2.75, 3.05) is 13.2 Å². The average Bonchev–Trinajstić information content (AvgIpc) is 2.19. The number of benzene rings is 1. The van der Waals surface area contributed by atoms with Gasteiger partial charge in [-0.25, -0.2) is 0 Å². The van der Waals surface area contributed by atoms with Gasteiger partial charge in [0.15, 0.2) is 6.61 Å². The number of hydrogen-bond donors (Lipinski definition) is 2. The van der Waals surface area contributed by atoms with Gasteiger partial charge in [0.25, 0.3) is 5.91 Å². The Balaban J connectivity index is 2.73. The van der Waals surface area contributed by atoms with Crippen LogP contribution in [0.15, 0.2) is 22.7 Å². The molecule has 15 heavy (non-hydrogen) atoms. The Morgan fingerprint density at radius 1 is 1.47 bits per heavy atom. The monoisotopic (exact) mass is 272 g/mol. The summed E-state index contributed by atoms with van der Waals surface area (Å²) < 4.78 is 6.16. The summed E-state index contributed by atoms with van der Waals surface area (Å²) in [7, 11) is 0. The molecule has 82 valence electrons. The molecule has 1 amide bonds. The first kappa shape index (κ1) is 12.0. The zero-order valence-electron chi connectivity index (χ0n) is 8.20. The van der Waals surface area contributed by atoms with Crippen LogP contribution in [0.25, 0.3) is 0 Å². The standard InChI is InChI=1S/C10H13BrN2O2/c11-9-2-1-8(15-6-10(13)14)5-7(9)3-4-12/h1-2,5H,3-4,6,12H2,(H2,13,14). The molecule has 1 rings (SSSR count). The molecule has 1 aromatic rings. The number of nitrogens with two attached hydrogens (primary N) is 2. The van der Waals surface area contributed by atoms with Gasteiger partial charge in [0.05, 0.1) is 0 Å². The maximum absolute atomic E-state index is 10.5. The van der Waals surface area contributed by atoms with Gasteiger partial charge in [0.1, 0.15) is 5.75 Å². The molecule has 0 atom stereocenters. The van der Waals surface area contributed by atoms with Gasteiger partial charge in [-0.3, -0.25) is 4.79 Å². The van der Waals surface area contributed by atoms with Crippen molar-refractivity contribution in [3.8, 4) is 5.75 Å². The summed E-state index contributed by atoms with van der Waals surface area (Å²) in [6, 6.07) is 5.48. The van der Waals surface area contributed by atoms with E-state index in [-0.39, 0.29) is 6.61 Å². The Kier molecular flexibility index (Phi) is 4.58. The zero-order valence-corrected chi connectivity index (χ0v) is 9.79. The zero-order chi connectivity index (χ0) is 11.3. The SMILES string of the molecule is NCCc1cc(OCC(N)=O)ccc1Br. The Morgan fingerprint density at radius 3 is 2.80 bits per heavy atom. The third-order valence-electron chi connectivity index (χ3n) is 1.81. The quantitative estimate of drug-likeness (QED) is 0.833. The molecular formula is C10H13BrN2O2. The minimum Gasteiger partial charge on any atom is -0.484 e. The molecule has 1 aromatic carbocycles. The van der Waals surface area contributed by atoms with E-state index >= 15 is 0 Å². The van der Waals surface area contributed by atoms with Gasteiger partial charge < -0.3 is 16.2 Å². The third-order valence-corrected chi connectivity index (χ3v) is 2.59. The number of carbonyl (C=O) groups is 1. The summed E-state index contributed by atoms with van der Waals surface area (Å²) in [5, 5.41) is 0. The lowest BCUT2D eigenvalue weighted by molar-refractivity contribution is -0.119. The fraction of sp³-hybridized carbons (Fsp3) is 0.300. The second-order valence-corrected chi connectivity index (χ2v) is 3.90. The Bertz CT molecular complexity index is 355. The Morgan fingerprint density at radius 2 is 2.20 bits per heavy atom. The number of ether oxygens (including phenoxy) is 1. The highest BCUT2D eigenvalue weighted by atomic mass is 79.9. The van der Waals surface area contributed by atoms with Crippen LogP contribution in [0, 0.1) is 0 Å². The molecule has 0 fully saturated rings. The van der Waals surface area contributed by atoms with Gasteiger partial charge in [-0.05, 0) is 36.7 Å². The molecular weight excluding hydrogens is 260 g/mol. The molecule has 0 saturated heterocycles. The molecule has 5 heteroatoms. The van der Waals surface area contributed by atoms with Crippen molar-refractivity contribution in [2.24, 2.45) is 11.5 Å². The summed E-state index contributed by atoms with van der Waals surface area (Å²) in [5.74, 6) is 0.138. The molecule has 0 bridgehead atoms. The predicted octanol–water partition coefficient (Wildman–Crippen LogP) is 0.814. The summed E-state index contributed by atoms with van der Waals surface area (Å²) in [4.78, 5) is 10.5. The topological polar surface area (TPSA) is 78.3 Å². The van der Waals surface area contributed by atoms with Crippen molar-refractivity contribution in [2.45, 2.75) is 6.42 Å². The first-order valence-electron chi connectivity index (χ1n) is 4.53. The summed E-state index contributed by atoms with van der Waals surface area (Å²) in [6.45, 7) is 0.460. The molecule has 4 N–H and O–H groups in total. The highest BCUT2D eigenvalue weighted by Crippen LogP contribution is 2.22. The molecule has 0 aliphatic heterocycles. The lowest BCUT2D eigenvalue weighted by atomic mass is 10.1. The normalized spacial score (nSPS) is 10.0. The van der Waals surface area contributed by atoms with Crippen LogP contribution in [0.5, 0.6) is 5.75 Å². The summed E-state index contributed by atoms with van der Waals surface area (Å²) in [6.07, 6.45) is 0.758. The van der Waals surface area contributed by atoms with Crippen molar-refractivity contribution in [1.82, 2.24) is 0 Å². The minimum atomic E-state index is -0.488. The van der Waals surface area contributed by atoms with Crippen LogP contribution in [0.2, 0.25) is 0 Å². The van der Waals surface area contributed by atoms with Crippen LogP contribution in [-0.4, -0.2) is 19.1 Å². The maximum atomic E-state index is 10.5. The van der Waals surface area contributed by atoms with Gasteiger partial charge in [0, 0.05) is 4.47 Å². The second kappa shape index (κ2) is 5.72. The van der Waals surface area contributed by atoms with Crippen molar-refractivity contribution in [3.63, 3.8) is 0 Å². The number of carbonyl (C=O) groups excluding carboxylic acids is 1. The van der Waals surface area contributed by atoms with E-state index in [1.165, 1.54) is 0 Å². The number of rotatable bonds is 5. The molecule has 0 radical (unpaired) electrons. The smallest absolute Gasteiger partial charge is 0.255 e. The first-order chi connectivity index (χ1) is 7.13. The van der Waals surface area contributed by atoms with E-state index in [1.54, 1.807) is 6.07 Å². The molecule has 0 saturated carbocycles. The lowest BCUT2D eigenvalue weighted by Crippen LogP contribution is -2.20. The third kappa shape index (κ3) is 3.89. The van der Waals surface area contributed by atoms with Gasteiger partial charge in [-0.1, -0.05) is 15.9 Å². The second-order valence-electron chi connectivity index (χ2n) is 3.05. The van der Waals surface area contributed by atoms with E-state index in [9.17, 15) is 4.79 Å². The van der Waals surface area contributed by atoms with Crippen LogP contribution in [0.4, 0.5) is 0 Å². The van der Waals surface area contributed by atoms with Gasteiger partial charge in [-0.2, -0.15) is 0 Å². The Labute approximate surface area is 96.7 Å². The van der Waals surface area contributed by atoms with E-state index in [0.29, 0.717) is 12.3 Å².